The molecule has 3 nitrogen and oxygen atoms in total. The molecule has 0 radical (unpaired) electrons. The normalized spacial score (nSPS) is 22.7. The first-order valence-corrected chi connectivity index (χ1v) is 4.95. The monoisotopic (exact) mass is 193 g/mol. The van der Waals surface area contributed by atoms with Crippen molar-refractivity contribution < 1.29 is 9.47 Å². The van der Waals surface area contributed by atoms with E-state index in [1.54, 1.807) is 0 Å². The van der Waals surface area contributed by atoms with Crippen LogP contribution in [0.4, 0.5) is 0 Å². The van der Waals surface area contributed by atoms with Gasteiger partial charge in [-0.2, -0.15) is 0 Å². The van der Waals surface area contributed by atoms with E-state index in [1.807, 2.05) is 30.3 Å². The number of rotatable bonds is 2. The van der Waals surface area contributed by atoms with Crippen molar-refractivity contribution >= 4 is 0 Å². The molecular formula is C11H15NO2. The van der Waals surface area contributed by atoms with Gasteiger partial charge in [0.15, 0.2) is 0 Å². The molecule has 1 saturated heterocycles. The van der Waals surface area contributed by atoms with Crippen molar-refractivity contribution in [3.05, 3.63) is 30.3 Å². The molecule has 0 aliphatic carbocycles. The summed E-state index contributed by atoms with van der Waals surface area (Å²) >= 11 is 0. The number of benzene rings is 1. The molecule has 1 aliphatic rings. The Balaban J connectivity index is 1.90. The van der Waals surface area contributed by atoms with Crippen LogP contribution < -0.4 is 10.1 Å². The van der Waals surface area contributed by atoms with Crippen molar-refractivity contribution in [2.45, 2.75) is 6.10 Å². The highest BCUT2D eigenvalue weighted by atomic mass is 16.5. The van der Waals surface area contributed by atoms with Gasteiger partial charge in [-0.1, -0.05) is 18.2 Å². The first kappa shape index (κ1) is 9.49. The van der Waals surface area contributed by atoms with Crippen molar-refractivity contribution in [2.75, 3.05) is 26.3 Å². The van der Waals surface area contributed by atoms with E-state index in [0.717, 1.165) is 25.4 Å². The lowest BCUT2D eigenvalue weighted by Gasteiger charge is -2.16. The van der Waals surface area contributed by atoms with E-state index >= 15 is 0 Å². The van der Waals surface area contributed by atoms with Crippen molar-refractivity contribution in [3.8, 4) is 5.75 Å². The molecule has 1 aliphatic heterocycles. The number of nitrogens with one attached hydrogen (secondary N) is 1. The maximum absolute atomic E-state index is 5.75. The number of hydrogen-bond acceptors (Lipinski definition) is 3. The van der Waals surface area contributed by atoms with E-state index in [0.29, 0.717) is 6.61 Å². The van der Waals surface area contributed by atoms with Crippen molar-refractivity contribution in [1.29, 1.82) is 0 Å². The van der Waals surface area contributed by atoms with Crippen molar-refractivity contribution in [2.24, 2.45) is 0 Å². The topological polar surface area (TPSA) is 30.5 Å². The Morgan fingerprint density at radius 1 is 1.29 bits per heavy atom. The Morgan fingerprint density at radius 2 is 2.14 bits per heavy atom. The molecule has 0 amide bonds. The van der Waals surface area contributed by atoms with E-state index in [-0.39, 0.29) is 6.10 Å². The molecule has 3 heteroatoms. The summed E-state index contributed by atoms with van der Waals surface area (Å²) in [6.45, 7) is 3.21. The Morgan fingerprint density at radius 3 is 3.00 bits per heavy atom. The third-order valence-electron chi connectivity index (χ3n) is 2.14. The van der Waals surface area contributed by atoms with Gasteiger partial charge in [0.2, 0.25) is 0 Å². The van der Waals surface area contributed by atoms with Crippen molar-refractivity contribution in [1.82, 2.24) is 5.32 Å². The predicted molar refractivity (Wildman–Crippen MR) is 54.5 cm³/mol. The molecule has 1 aromatic rings. The highest BCUT2D eigenvalue weighted by Gasteiger charge is 2.12. The lowest BCUT2D eigenvalue weighted by atomic mass is 10.3. The highest BCUT2D eigenvalue weighted by molar-refractivity contribution is 5.21. The molecule has 0 bridgehead atoms. The SMILES string of the molecule is c1ccc(O[C@@H]2CNCCOC2)cc1. The summed E-state index contributed by atoms with van der Waals surface area (Å²) < 4.78 is 11.1. The van der Waals surface area contributed by atoms with Crippen LogP contribution in [0.3, 0.4) is 0 Å². The van der Waals surface area contributed by atoms with Gasteiger partial charge in [0.1, 0.15) is 11.9 Å². The van der Waals surface area contributed by atoms with Gasteiger partial charge < -0.3 is 14.8 Å². The minimum absolute atomic E-state index is 0.125. The fraction of sp³-hybridized carbons (Fsp3) is 0.455. The Hall–Kier alpha value is -1.06. The summed E-state index contributed by atoms with van der Waals surface area (Å²) in [6, 6.07) is 9.85. The first-order chi connectivity index (χ1) is 6.95. The zero-order chi connectivity index (χ0) is 9.64. The van der Waals surface area contributed by atoms with Crippen LogP contribution in [-0.4, -0.2) is 32.4 Å². The zero-order valence-corrected chi connectivity index (χ0v) is 8.11. The van der Waals surface area contributed by atoms with Gasteiger partial charge in [-0.05, 0) is 12.1 Å². The highest BCUT2D eigenvalue weighted by Crippen LogP contribution is 2.11. The first-order valence-electron chi connectivity index (χ1n) is 4.95. The van der Waals surface area contributed by atoms with E-state index in [4.69, 9.17) is 9.47 Å². The molecule has 0 spiro atoms. The third-order valence-corrected chi connectivity index (χ3v) is 2.14. The van der Waals surface area contributed by atoms with Crippen LogP contribution in [0.2, 0.25) is 0 Å². The summed E-state index contributed by atoms with van der Waals surface area (Å²) in [6.07, 6.45) is 0.125. The van der Waals surface area contributed by atoms with Gasteiger partial charge in [0.25, 0.3) is 0 Å². The molecule has 1 N–H and O–H groups in total. The maximum Gasteiger partial charge on any atom is 0.134 e. The summed E-state index contributed by atoms with van der Waals surface area (Å²) in [7, 11) is 0. The molecule has 1 heterocycles. The molecule has 1 atom stereocenters. The molecular weight excluding hydrogens is 178 g/mol. The van der Waals surface area contributed by atoms with Crippen LogP contribution >= 0.6 is 0 Å². The fourth-order valence-electron chi connectivity index (χ4n) is 1.45. The van der Waals surface area contributed by atoms with Crippen LogP contribution in [0.25, 0.3) is 0 Å². The Labute approximate surface area is 84.0 Å². The van der Waals surface area contributed by atoms with Gasteiger partial charge in [0, 0.05) is 13.1 Å². The Bertz CT molecular complexity index is 255. The molecule has 0 saturated carbocycles. The lowest BCUT2D eigenvalue weighted by molar-refractivity contribution is 0.0729. The van der Waals surface area contributed by atoms with E-state index < -0.39 is 0 Å². The lowest BCUT2D eigenvalue weighted by Crippen LogP contribution is -2.31. The molecule has 2 rings (SSSR count). The minimum Gasteiger partial charge on any atom is -0.487 e. The average Bonchev–Trinajstić information content (AvgIpc) is 2.48. The second-order valence-electron chi connectivity index (χ2n) is 3.33. The summed E-state index contributed by atoms with van der Waals surface area (Å²) in [5.41, 5.74) is 0. The Kier molecular flexibility index (Phi) is 3.38. The zero-order valence-electron chi connectivity index (χ0n) is 8.11. The largest absolute Gasteiger partial charge is 0.487 e. The molecule has 0 unspecified atom stereocenters. The second-order valence-corrected chi connectivity index (χ2v) is 3.33. The smallest absolute Gasteiger partial charge is 0.134 e. The van der Waals surface area contributed by atoms with Gasteiger partial charge in [-0.15, -0.1) is 0 Å². The van der Waals surface area contributed by atoms with E-state index in [1.165, 1.54) is 0 Å². The average molecular weight is 193 g/mol. The van der Waals surface area contributed by atoms with Crippen LogP contribution in [0, 0.1) is 0 Å². The minimum atomic E-state index is 0.125. The van der Waals surface area contributed by atoms with Gasteiger partial charge in [-0.25, -0.2) is 0 Å². The van der Waals surface area contributed by atoms with Crippen LogP contribution in [-0.2, 0) is 4.74 Å². The fourth-order valence-corrected chi connectivity index (χ4v) is 1.45. The summed E-state index contributed by atoms with van der Waals surface area (Å²) in [5.74, 6) is 0.907. The van der Waals surface area contributed by atoms with Crippen LogP contribution in [0.5, 0.6) is 5.75 Å². The molecule has 1 fully saturated rings. The predicted octanol–water partition coefficient (Wildman–Crippen LogP) is 1.05. The van der Waals surface area contributed by atoms with Crippen molar-refractivity contribution in [3.63, 3.8) is 0 Å². The quantitative estimate of drug-likeness (QED) is 0.761. The molecule has 76 valence electrons. The third kappa shape index (κ3) is 2.72. The molecule has 14 heavy (non-hydrogen) atoms. The molecule has 1 aromatic carbocycles. The number of para-hydroxylation sites is 1. The maximum atomic E-state index is 5.75. The summed E-state index contributed by atoms with van der Waals surface area (Å²) in [4.78, 5) is 0. The second kappa shape index (κ2) is 4.98. The van der Waals surface area contributed by atoms with Gasteiger partial charge in [-0.3, -0.25) is 0 Å². The number of ether oxygens (including phenoxy) is 2. The van der Waals surface area contributed by atoms with Gasteiger partial charge >= 0.3 is 0 Å². The van der Waals surface area contributed by atoms with E-state index in [9.17, 15) is 0 Å². The van der Waals surface area contributed by atoms with Gasteiger partial charge in [0.05, 0.1) is 13.2 Å². The van der Waals surface area contributed by atoms with Crippen LogP contribution in [0.1, 0.15) is 0 Å². The van der Waals surface area contributed by atoms with E-state index in [2.05, 4.69) is 5.32 Å². The number of hydrogen-bond donors (Lipinski definition) is 1. The standard InChI is InChI=1S/C11H15NO2/c1-2-4-10(5-3-1)14-11-8-12-6-7-13-9-11/h1-5,11-12H,6-9H2/t11-/m1/s1. The molecule has 0 aromatic heterocycles. The summed E-state index contributed by atoms with van der Waals surface area (Å²) in [5, 5.41) is 3.27. The van der Waals surface area contributed by atoms with Crippen LogP contribution in [0.15, 0.2) is 30.3 Å².